The number of hydrogen-bond donors (Lipinski definition) is 1. The topological polar surface area (TPSA) is 59.8 Å². The Morgan fingerprint density at radius 3 is 2.75 bits per heavy atom. The minimum atomic E-state index is -0.215. The number of aromatic nitrogens is 3. The number of carbonyl (C=O) groups excluding carboxylic acids is 1. The van der Waals surface area contributed by atoms with Crippen molar-refractivity contribution in [2.24, 2.45) is 7.05 Å². The van der Waals surface area contributed by atoms with Crippen molar-refractivity contribution < 1.29 is 4.79 Å². The standard InChI is InChI=1S/C17H21ClN4OS/c1-11(16(23)19-12-7-3-4-8-12)24-17-21-20-15(22(17)2)13-9-5-6-10-14(13)18/h5-6,9-12H,3-4,7-8H2,1-2H3,(H,19,23). The molecule has 24 heavy (non-hydrogen) atoms. The molecule has 1 atom stereocenters. The van der Waals surface area contributed by atoms with E-state index in [1.165, 1.54) is 24.6 Å². The molecule has 3 rings (SSSR count). The first kappa shape index (κ1) is 17.3. The third-order valence-corrected chi connectivity index (χ3v) is 5.77. The van der Waals surface area contributed by atoms with Crippen LogP contribution in [0.2, 0.25) is 5.02 Å². The second-order valence-corrected chi connectivity index (χ2v) is 7.81. The first-order valence-corrected chi connectivity index (χ1v) is 9.43. The van der Waals surface area contributed by atoms with Gasteiger partial charge in [-0.25, -0.2) is 0 Å². The largest absolute Gasteiger partial charge is 0.352 e. The van der Waals surface area contributed by atoms with Crippen molar-refractivity contribution in [3.63, 3.8) is 0 Å². The summed E-state index contributed by atoms with van der Waals surface area (Å²) in [7, 11) is 1.89. The summed E-state index contributed by atoms with van der Waals surface area (Å²) < 4.78 is 1.88. The quantitative estimate of drug-likeness (QED) is 0.822. The molecule has 0 bridgehead atoms. The molecule has 1 unspecified atom stereocenters. The van der Waals surface area contributed by atoms with Crippen LogP contribution in [0.3, 0.4) is 0 Å². The van der Waals surface area contributed by atoms with E-state index in [9.17, 15) is 4.79 Å². The SMILES string of the molecule is CC(Sc1nnc(-c2ccccc2Cl)n1C)C(=O)NC1CCCC1. The molecular weight excluding hydrogens is 344 g/mol. The van der Waals surface area contributed by atoms with Crippen LogP contribution in [0.4, 0.5) is 0 Å². The van der Waals surface area contributed by atoms with Crippen LogP contribution >= 0.6 is 23.4 Å². The monoisotopic (exact) mass is 364 g/mol. The fourth-order valence-corrected chi connectivity index (χ4v) is 3.94. The van der Waals surface area contributed by atoms with Crippen LogP contribution in [0.1, 0.15) is 32.6 Å². The zero-order valence-corrected chi connectivity index (χ0v) is 15.4. The number of benzene rings is 1. The number of halogens is 1. The second-order valence-electron chi connectivity index (χ2n) is 6.10. The zero-order valence-electron chi connectivity index (χ0n) is 13.8. The number of nitrogens with zero attached hydrogens (tertiary/aromatic N) is 3. The van der Waals surface area contributed by atoms with Crippen molar-refractivity contribution in [3.05, 3.63) is 29.3 Å². The normalized spacial score (nSPS) is 16.3. The Balaban J connectivity index is 1.69. The molecule has 1 aromatic heterocycles. The molecule has 1 saturated carbocycles. The van der Waals surface area contributed by atoms with E-state index in [4.69, 9.17) is 11.6 Å². The maximum atomic E-state index is 12.3. The zero-order chi connectivity index (χ0) is 17.1. The van der Waals surface area contributed by atoms with Gasteiger partial charge < -0.3 is 9.88 Å². The Morgan fingerprint density at radius 2 is 2.04 bits per heavy atom. The molecular formula is C17H21ClN4OS. The highest BCUT2D eigenvalue weighted by Gasteiger charge is 2.23. The van der Waals surface area contributed by atoms with Crippen LogP contribution in [0, 0.1) is 0 Å². The molecule has 5 nitrogen and oxygen atoms in total. The van der Waals surface area contributed by atoms with Gasteiger partial charge in [-0.05, 0) is 31.9 Å². The molecule has 1 amide bonds. The van der Waals surface area contributed by atoms with Crippen LogP contribution in [0.15, 0.2) is 29.4 Å². The van der Waals surface area contributed by atoms with Gasteiger partial charge in [-0.1, -0.05) is 48.3 Å². The van der Waals surface area contributed by atoms with Crippen LogP contribution in [0.25, 0.3) is 11.4 Å². The Kier molecular flexibility index (Phi) is 5.46. The molecule has 1 aliphatic carbocycles. The molecule has 0 radical (unpaired) electrons. The summed E-state index contributed by atoms with van der Waals surface area (Å²) in [5, 5.41) is 12.7. The fraction of sp³-hybridized carbons (Fsp3) is 0.471. The lowest BCUT2D eigenvalue weighted by Crippen LogP contribution is -2.37. The van der Waals surface area contributed by atoms with Gasteiger partial charge in [-0.2, -0.15) is 0 Å². The number of carbonyl (C=O) groups is 1. The Labute approximate surface area is 151 Å². The van der Waals surface area contributed by atoms with Crippen LogP contribution in [-0.4, -0.2) is 32.0 Å². The molecule has 0 aliphatic heterocycles. The predicted octanol–water partition coefficient (Wildman–Crippen LogP) is 3.67. The van der Waals surface area contributed by atoms with E-state index in [-0.39, 0.29) is 11.2 Å². The maximum Gasteiger partial charge on any atom is 0.233 e. The smallest absolute Gasteiger partial charge is 0.233 e. The van der Waals surface area contributed by atoms with Gasteiger partial charge in [0.05, 0.1) is 10.3 Å². The van der Waals surface area contributed by atoms with Crippen molar-refractivity contribution in [3.8, 4) is 11.4 Å². The summed E-state index contributed by atoms with van der Waals surface area (Å²) in [6.45, 7) is 1.90. The molecule has 1 aliphatic rings. The van der Waals surface area contributed by atoms with Gasteiger partial charge in [-0.3, -0.25) is 4.79 Å². The van der Waals surface area contributed by atoms with Crippen LogP contribution in [0.5, 0.6) is 0 Å². The number of amides is 1. The van der Waals surface area contributed by atoms with Gasteiger partial charge in [0.15, 0.2) is 11.0 Å². The van der Waals surface area contributed by atoms with Crippen LogP contribution < -0.4 is 5.32 Å². The highest BCUT2D eigenvalue weighted by molar-refractivity contribution is 8.00. The van der Waals surface area contributed by atoms with Crippen LogP contribution in [-0.2, 0) is 11.8 Å². The Bertz CT molecular complexity index is 727. The molecule has 128 valence electrons. The highest BCUT2D eigenvalue weighted by atomic mass is 35.5. The number of rotatable bonds is 5. The maximum absolute atomic E-state index is 12.3. The number of hydrogen-bond acceptors (Lipinski definition) is 4. The number of thioether (sulfide) groups is 1. The molecule has 1 fully saturated rings. The van der Waals surface area contributed by atoms with Crippen molar-refractivity contribution in [1.29, 1.82) is 0 Å². The summed E-state index contributed by atoms with van der Waals surface area (Å²) >= 11 is 7.66. The van der Waals surface area contributed by atoms with Gasteiger partial charge in [0.1, 0.15) is 0 Å². The van der Waals surface area contributed by atoms with Crippen molar-refractivity contribution >= 4 is 29.3 Å². The first-order valence-electron chi connectivity index (χ1n) is 8.17. The summed E-state index contributed by atoms with van der Waals surface area (Å²) in [6.07, 6.45) is 4.58. The summed E-state index contributed by atoms with van der Waals surface area (Å²) in [6, 6.07) is 7.87. The second kappa shape index (κ2) is 7.57. The van der Waals surface area contributed by atoms with Crippen molar-refractivity contribution in [1.82, 2.24) is 20.1 Å². The summed E-state index contributed by atoms with van der Waals surface area (Å²) in [5.74, 6) is 0.765. The molecule has 0 saturated heterocycles. The van der Waals surface area contributed by atoms with E-state index in [2.05, 4.69) is 15.5 Å². The van der Waals surface area contributed by atoms with E-state index in [0.29, 0.717) is 22.0 Å². The molecule has 1 aromatic carbocycles. The van der Waals surface area contributed by atoms with E-state index in [1.807, 2.05) is 42.8 Å². The van der Waals surface area contributed by atoms with Gasteiger partial charge >= 0.3 is 0 Å². The molecule has 2 aromatic rings. The van der Waals surface area contributed by atoms with Gasteiger partial charge in [0.25, 0.3) is 0 Å². The van der Waals surface area contributed by atoms with Gasteiger partial charge in [-0.15, -0.1) is 10.2 Å². The molecule has 1 N–H and O–H groups in total. The van der Waals surface area contributed by atoms with Crippen molar-refractivity contribution in [2.75, 3.05) is 0 Å². The third-order valence-electron chi connectivity index (χ3n) is 4.30. The molecule has 1 heterocycles. The lowest BCUT2D eigenvalue weighted by Gasteiger charge is -2.16. The van der Waals surface area contributed by atoms with Gasteiger partial charge in [0, 0.05) is 18.7 Å². The average molecular weight is 365 g/mol. The lowest BCUT2D eigenvalue weighted by atomic mass is 10.2. The summed E-state index contributed by atoms with van der Waals surface area (Å²) in [4.78, 5) is 12.3. The van der Waals surface area contributed by atoms with E-state index in [1.54, 1.807) is 0 Å². The first-order chi connectivity index (χ1) is 11.6. The molecule has 7 heteroatoms. The number of nitrogens with one attached hydrogen (secondary N) is 1. The summed E-state index contributed by atoms with van der Waals surface area (Å²) in [5.41, 5.74) is 0.837. The van der Waals surface area contributed by atoms with E-state index >= 15 is 0 Å². The lowest BCUT2D eigenvalue weighted by molar-refractivity contribution is -0.120. The minimum Gasteiger partial charge on any atom is -0.352 e. The molecule has 0 spiro atoms. The highest BCUT2D eigenvalue weighted by Crippen LogP contribution is 2.29. The predicted molar refractivity (Wildman–Crippen MR) is 97.2 cm³/mol. The third kappa shape index (κ3) is 3.75. The Hall–Kier alpha value is -1.53. The van der Waals surface area contributed by atoms with E-state index < -0.39 is 0 Å². The van der Waals surface area contributed by atoms with Gasteiger partial charge in [0.2, 0.25) is 5.91 Å². The Morgan fingerprint density at radius 1 is 1.33 bits per heavy atom. The average Bonchev–Trinajstić information content (AvgIpc) is 3.19. The minimum absolute atomic E-state index is 0.0641. The fourth-order valence-electron chi connectivity index (χ4n) is 2.89. The van der Waals surface area contributed by atoms with Crippen molar-refractivity contribution in [2.45, 2.75) is 49.1 Å². The van der Waals surface area contributed by atoms with E-state index in [0.717, 1.165) is 18.4 Å².